The summed E-state index contributed by atoms with van der Waals surface area (Å²) in [6.07, 6.45) is 5.88. The van der Waals surface area contributed by atoms with E-state index >= 15 is 0 Å². The fourth-order valence-electron chi connectivity index (χ4n) is 3.27. The van der Waals surface area contributed by atoms with Crippen LogP contribution in [0.2, 0.25) is 0 Å². The number of carbonyl (C=O) groups excluding carboxylic acids is 2. The Morgan fingerprint density at radius 3 is 2.83 bits per heavy atom. The van der Waals surface area contributed by atoms with Crippen LogP contribution >= 0.6 is 23.1 Å². The lowest BCUT2D eigenvalue weighted by Crippen LogP contribution is -2.22. The Morgan fingerprint density at radius 2 is 2.10 bits per heavy atom. The second kappa shape index (κ2) is 9.41. The topological polar surface area (TPSA) is 127 Å². The third kappa shape index (κ3) is 4.97. The molecule has 2 amide bonds. The van der Waals surface area contributed by atoms with Crippen LogP contribution in [-0.2, 0) is 35.9 Å². The van der Waals surface area contributed by atoms with Crippen molar-refractivity contribution in [2.75, 3.05) is 5.32 Å². The van der Waals surface area contributed by atoms with Crippen LogP contribution in [0.4, 0.5) is 5.00 Å². The van der Waals surface area contributed by atoms with E-state index in [-0.39, 0.29) is 12.3 Å². The minimum atomic E-state index is -0.421. The average molecular weight is 433 g/mol. The Morgan fingerprint density at radius 1 is 1.34 bits per heavy atom. The van der Waals surface area contributed by atoms with Crippen molar-refractivity contribution >= 4 is 39.9 Å². The van der Waals surface area contributed by atoms with Gasteiger partial charge in [0, 0.05) is 24.8 Å². The number of nitrogens with two attached hydrogens (primary N) is 1. The molecule has 1 aliphatic carbocycles. The number of hydrogen-bond acceptors (Lipinski definition) is 7. The fraction of sp³-hybridized carbons (Fsp3) is 0.526. The number of thiophene rings is 1. The van der Waals surface area contributed by atoms with Gasteiger partial charge in [-0.05, 0) is 38.2 Å². The highest BCUT2D eigenvalue weighted by Gasteiger charge is 2.24. The van der Waals surface area contributed by atoms with Gasteiger partial charge in [-0.3, -0.25) is 9.59 Å². The van der Waals surface area contributed by atoms with Crippen molar-refractivity contribution < 1.29 is 9.59 Å². The Bertz CT molecular complexity index is 959. The van der Waals surface area contributed by atoms with Gasteiger partial charge in [0.2, 0.25) is 11.8 Å². The van der Waals surface area contributed by atoms with Crippen LogP contribution in [0.25, 0.3) is 0 Å². The average Bonchev–Trinajstić information content (AvgIpc) is 3.09. The van der Waals surface area contributed by atoms with Gasteiger partial charge >= 0.3 is 0 Å². The number of carbonyl (C=O) groups is 2. The lowest BCUT2D eigenvalue weighted by Gasteiger charge is -2.11. The lowest BCUT2D eigenvalue weighted by atomic mass is 10.1. The zero-order chi connectivity index (χ0) is 21.0. The molecule has 1 atom stereocenters. The first-order chi connectivity index (χ1) is 13.9. The molecule has 2 aromatic heterocycles. The third-order valence-electron chi connectivity index (χ3n) is 4.94. The smallest absolute Gasteiger partial charge is 0.238 e. The second-order valence-electron chi connectivity index (χ2n) is 7.05. The number of nitrogens with zero attached hydrogens (tertiary/aromatic N) is 4. The molecule has 3 rings (SSSR count). The fourth-order valence-corrected chi connectivity index (χ4v) is 5.35. The van der Waals surface area contributed by atoms with Crippen LogP contribution in [0.3, 0.4) is 0 Å². The number of nitriles is 1. The molecule has 2 heterocycles. The van der Waals surface area contributed by atoms with E-state index in [1.807, 2.05) is 0 Å². The van der Waals surface area contributed by atoms with Crippen molar-refractivity contribution in [1.82, 2.24) is 14.8 Å². The van der Waals surface area contributed by atoms with Crippen LogP contribution in [0.1, 0.15) is 54.4 Å². The van der Waals surface area contributed by atoms with Gasteiger partial charge in [-0.1, -0.05) is 18.2 Å². The lowest BCUT2D eigenvalue weighted by molar-refractivity contribution is -0.118. The van der Waals surface area contributed by atoms with Crippen LogP contribution in [0, 0.1) is 11.3 Å². The minimum Gasteiger partial charge on any atom is -0.370 e. The van der Waals surface area contributed by atoms with Crippen LogP contribution in [-0.4, -0.2) is 31.8 Å². The number of nitrogens with one attached hydrogen (secondary N) is 1. The van der Waals surface area contributed by atoms with Crippen molar-refractivity contribution in [2.45, 2.75) is 62.3 Å². The molecule has 154 valence electrons. The molecular weight excluding hydrogens is 408 g/mol. The zero-order valence-electron chi connectivity index (χ0n) is 16.5. The maximum atomic E-state index is 12.7. The van der Waals surface area contributed by atoms with Crippen LogP contribution < -0.4 is 11.1 Å². The van der Waals surface area contributed by atoms with Gasteiger partial charge in [0.25, 0.3) is 0 Å². The molecule has 8 nitrogen and oxygen atoms in total. The van der Waals surface area contributed by atoms with Crippen molar-refractivity contribution in [3.8, 4) is 6.07 Å². The number of anilines is 1. The predicted octanol–water partition coefficient (Wildman–Crippen LogP) is 2.55. The van der Waals surface area contributed by atoms with Crippen molar-refractivity contribution in [3.63, 3.8) is 0 Å². The van der Waals surface area contributed by atoms with E-state index in [1.54, 1.807) is 18.5 Å². The van der Waals surface area contributed by atoms with E-state index in [1.165, 1.54) is 34.4 Å². The number of fused-ring (bicyclic) bond motifs is 1. The highest BCUT2D eigenvalue weighted by atomic mass is 32.2. The predicted molar refractivity (Wildman–Crippen MR) is 113 cm³/mol. The number of rotatable bonds is 7. The SMILES string of the molecule is C[C@H](Sc1nnc(CCC(N)=O)n1C)C(=O)Nc1sc2c(c1C#N)CCCCC2. The highest BCUT2D eigenvalue weighted by molar-refractivity contribution is 8.00. The first kappa shape index (κ1) is 21.3. The van der Waals surface area contributed by atoms with Crippen molar-refractivity contribution in [2.24, 2.45) is 12.8 Å². The van der Waals surface area contributed by atoms with E-state index in [0.717, 1.165) is 31.2 Å². The normalized spacial score (nSPS) is 14.5. The van der Waals surface area contributed by atoms with Crippen molar-refractivity contribution in [3.05, 3.63) is 21.8 Å². The van der Waals surface area contributed by atoms with Gasteiger partial charge in [-0.15, -0.1) is 21.5 Å². The summed E-state index contributed by atoms with van der Waals surface area (Å²) in [5, 5.41) is 21.6. The maximum Gasteiger partial charge on any atom is 0.238 e. The molecule has 0 unspecified atom stereocenters. The van der Waals surface area contributed by atoms with Crippen LogP contribution in [0.15, 0.2) is 5.16 Å². The standard InChI is InChI=1S/C19H24N6O2S2/c1-11(28-19-24-23-16(25(19)2)9-8-15(21)26)17(27)22-18-13(10-20)12-6-4-3-5-7-14(12)29-18/h11H,3-9H2,1-2H3,(H2,21,26)(H,22,27)/t11-/m0/s1. The summed E-state index contributed by atoms with van der Waals surface area (Å²) in [4.78, 5) is 24.9. The number of amides is 2. The summed E-state index contributed by atoms with van der Waals surface area (Å²) in [5.41, 5.74) is 6.91. The monoisotopic (exact) mass is 432 g/mol. The molecule has 1 aliphatic rings. The molecule has 2 aromatic rings. The second-order valence-corrected chi connectivity index (χ2v) is 9.47. The van der Waals surface area contributed by atoms with Gasteiger partial charge in [0.05, 0.1) is 10.8 Å². The molecule has 0 aliphatic heterocycles. The van der Waals surface area contributed by atoms with Gasteiger partial charge in [0.15, 0.2) is 5.16 Å². The molecule has 29 heavy (non-hydrogen) atoms. The summed E-state index contributed by atoms with van der Waals surface area (Å²) in [7, 11) is 1.80. The summed E-state index contributed by atoms with van der Waals surface area (Å²) in [6, 6.07) is 2.29. The molecule has 0 bridgehead atoms. The molecule has 0 aromatic carbocycles. The summed E-state index contributed by atoms with van der Waals surface area (Å²) in [5.74, 6) is 0.0786. The number of primary amides is 1. The number of hydrogen-bond donors (Lipinski definition) is 2. The largest absolute Gasteiger partial charge is 0.370 e. The van der Waals surface area contributed by atoms with E-state index in [2.05, 4.69) is 21.6 Å². The number of aryl methyl sites for hydroxylation is 2. The molecule has 0 spiro atoms. The summed E-state index contributed by atoms with van der Waals surface area (Å²) >= 11 is 2.81. The molecule has 0 saturated heterocycles. The molecule has 0 fully saturated rings. The summed E-state index contributed by atoms with van der Waals surface area (Å²) in [6.45, 7) is 1.79. The first-order valence-electron chi connectivity index (χ1n) is 9.59. The Balaban J connectivity index is 1.67. The Hall–Kier alpha value is -2.38. The summed E-state index contributed by atoms with van der Waals surface area (Å²) < 4.78 is 1.77. The Labute approximate surface area is 177 Å². The first-order valence-corrected chi connectivity index (χ1v) is 11.3. The molecular formula is C19H24N6O2S2. The van der Waals surface area contributed by atoms with E-state index in [9.17, 15) is 14.9 Å². The number of thioether (sulfide) groups is 1. The van der Waals surface area contributed by atoms with E-state index in [4.69, 9.17) is 5.73 Å². The minimum absolute atomic E-state index is 0.176. The highest BCUT2D eigenvalue weighted by Crippen LogP contribution is 2.37. The van der Waals surface area contributed by atoms with Gasteiger partial charge in [0.1, 0.15) is 16.9 Å². The van der Waals surface area contributed by atoms with Gasteiger partial charge in [-0.2, -0.15) is 5.26 Å². The molecule has 0 saturated carbocycles. The number of aromatic nitrogens is 3. The molecule has 3 N–H and O–H groups in total. The molecule has 0 radical (unpaired) electrons. The zero-order valence-corrected chi connectivity index (χ0v) is 18.2. The van der Waals surface area contributed by atoms with Crippen LogP contribution in [0.5, 0.6) is 0 Å². The third-order valence-corrected chi connectivity index (χ3v) is 7.28. The Kier molecular flexibility index (Phi) is 6.92. The quantitative estimate of drug-likeness (QED) is 0.511. The van der Waals surface area contributed by atoms with E-state index < -0.39 is 11.2 Å². The molecule has 10 heteroatoms. The van der Waals surface area contributed by atoms with Gasteiger partial charge < -0.3 is 15.6 Å². The van der Waals surface area contributed by atoms with Crippen molar-refractivity contribution in [1.29, 1.82) is 5.26 Å². The van der Waals surface area contributed by atoms with E-state index in [0.29, 0.717) is 28.0 Å². The maximum absolute atomic E-state index is 12.7. The van der Waals surface area contributed by atoms with Gasteiger partial charge in [-0.25, -0.2) is 0 Å².